The minimum Gasteiger partial charge on any atom is -0.495 e. The lowest BCUT2D eigenvalue weighted by Gasteiger charge is -2.35. The van der Waals surface area contributed by atoms with E-state index in [0.717, 1.165) is 48.7 Å². The molecule has 138 valence electrons. The lowest BCUT2D eigenvalue weighted by Crippen LogP contribution is -2.49. The number of para-hydroxylation sites is 2. The van der Waals surface area contributed by atoms with Crippen molar-refractivity contribution in [1.29, 1.82) is 0 Å². The second-order valence-electron chi connectivity index (χ2n) is 6.63. The van der Waals surface area contributed by atoms with Gasteiger partial charge in [0.05, 0.1) is 12.8 Å². The Labute approximate surface area is 154 Å². The van der Waals surface area contributed by atoms with Crippen molar-refractivity contribution in [2.75, 3.05) is 31.7 Å². The summed E-state index contributed by atoms with van der Waals surface area (Å²) >= 11 is 0. The summed E-state index contributed by atoms with van der Waals surface area (Å²) in [6.07, 6.45) is 2.00. The highest BCUT2D eigenvalue weighted by Gasteiger charge is 2.23. The second-order valence-corrected chi connectivity index (χ2v) is 6.63. The summed E-state index contributed by atoms with van der Waals surface area (Å²) in [6.45, 7) is 3.78. The Morgan fingerprint density at radius 1 is 1.23 bits per heavy atom. The smallest absolute Gasteiger partial charge is 0.258 e. The third kappa shape index (κ3) is 4.69. The van der Waals surface area contributed by atoms with Gasteiger partial charge in [0.1, 0.15) is 11.5 Å². The summed E-state index contributed by atoms with van der Waals surface area (Å²) in [5.41, 5.74) is 2.19. The first-order chi connectivity index (χ1) is 12.7. The number of amides is 1. The summed E-state index contributed by atoms with van der Waals surface area (Å²) in [4.78, 5) is 14.5. The van der Waals surface area contributed by atoms with Gasteiger partial charge in [-0.2, -0.15) is 0 Å². The van der Waals surface area contributed by atoms with Gasteiger partial charge in [-0.25, -0.2) is 0 Å². The van der Waals surface area contributed by atoms with Crippen LogP contribution in [0.1, 0.15) is 18.4 Å². The van der Waals surface area contributed by atoms with Gasteiger partial charge in [-0.05, 0) is 49.6 Å². The van der Waals surface area contributed by atoms with E-state index in [1.54, 1.807) is 7.11 Å². The molecule has 5 nitrogen and oxygen atoms in total. The molecule has 0 bridgehead atoms. The number of anilines is 1. The van der Waals surface area contributed by atoms with Crippen molar-refractivity contribution in [3.05, 3.63) is 54.1 Å². The molecule has 5 heteroatoms. The molecule has 1 unspecified atom stereocenters. The number of aryl methyl sites for hydroxylation is 1. The standard InChI is InChI=1S/C21H26N2O3/c1-16-7-5-9-18(13-16)26-15-21(24)22-17-8-6-12-23(14-17)19-10-3-4-11-20(19)25-2/h3-5,7,9-11,13,17H,6,8,12,14-15H2,1-2H3,(H,22,24). The molecule has 1 aliphatic rings. The molecule has 0 radical (unpaired) electrons. The lowest BCUT2D eigenvalue weighted by atomic mass is 10.0. The van der Waals surface area contributed by atoms with Crippen LogP contribution in [0, 0.1) is 6.92 Å². The molecule has 0 saturated carbocycles. The van der Waals surface area contributed by atoms with E-state index >= 15 is 0 Å². The summed E-state index contributed by atoms with van der Waals surface area (Å²) < 4.78 is 11.1. The Bertz CT molecular complexity index is 748. The molecule has 1 aliphatic heterocycles. The van der Waals surface area contributed by atoms with Crippen molar-refractivity contribution in [2.45, 2.75) is 25.8 Å². The number of rotatable bonds is 6. The number of hydrogen-bond acceptors (Lipinski definition) is 4. The Hall–Kier alpha value is -2.69. The number of carbonyl (C=O) groups is 1. The maximum Gasteiger partial charge on any atom is 0.258 e. The van der Waals surface area contributed by atoms with Crippen molar-refractivity contribution in [2.24, 2.45) is 0 Å². The minimum atomic E-state index is -0.0848. The first-order valence-electron chi connectivity index (χ1n) is 9.02. The van der Waals surface area contributed by atoms with E-state index < -0.39 is 0 Å². The van der Waals surface area contributed by atoms with Gasteiger partial charge in [-0.15, -0.1) is 0 Å². The summed E-state index contributed by atoms with van der Waals surface area (Å²) in [7, 11) is 1.69. The maximum atomic E-state index is 12.3. The van der Waals surface area contributed by atoms with Crippen molar-refractivity contribution < 1.29 is 14.3 Å². The molecule has 0 spiro atoms. The third-order valence-corrected chi connectivity index (χ3v) is 4.57. The quantitative estimate of drug-likeness (QED) is 0.866. The SMILES string of the molecule is COc1ccccc1N1CCCC(NC(=O)COc2cccc(C)c2)C1. The van der Waals surface area contributed by atoms with E-state index in [2.05, 4.69) is 16.3 Å². The van der Waals surface area contributed by atoms with Gasteiger partial charge in [0.2, 0.25) is 0 Å². The Morgan fingerprint density at radius 2 is 2.08 bits per heavy atom. The number of piperidine rings is 1. The van der Waals surface area contributed by atoms with Crippen LogP contribution in [0.5, 0.6) is 11.5 Å². The van der Waals surface area contributed by atoms with Crippen LogP contribution in [0.3, 0.4) is 0 Å². The van der Waals surface area contributed by atoms with Gasteiger partial charge in [-0.1, -0.05) is 24.3 Å². The normalized spacial score (nSPS) is 16.8. The third-order valence-electron chi connectivity index (χ3n) is 4.57. The van der Waals surface area contributed by atoms with E-state index in [4.69, 9.17) is 9.47 Å². The Balaban J connectivity index is 1.54. The fraction of sp³-hybridized carbons (Fsp3) is 0.381. The fourth-order valence-corrected chi connectivity index (χ4v) is 3.33. The average molecular weight is 354 g/mol. The van der Waals surface area contributed by atoms with Crippen molar-refractivity contribution in [3.63, 3.8) is 0 Å². The lowest BCUT2D eigenvalue weighted by molar-refractivity contribution is -0.123. The topological polar surface area (TPSA) is 50.8 Å². The average Bonchev–Trinajstić information content (AvgIpc) is 2.66. The number of carbonyl (C=O) groups excluding carboxylic acids is 1. The number of ether oxygens (including phenoxy) is 2. The minimum absolute atomic E-state index is 0.0363. The molecule has 2 aromatic carbocycles. The van der Waals surface area contributed by atoms with Crippen molar-refractivity contribution >= 4 is 11.6 Å². The van der Waals surface area contributed by atoms with Crippen molar-refractivity contribution in [1.82, 2.24) is 5.32 Å². The van der Waals surface area contributed by atoms with Crippen LogP contribution < -0.4 is 19.7 Å². The number of methoxy groups -OCH3 is 1. The Morgan fingerprint density at radius 3 is 2.88 bits per heavy atom. The first-order valence-corrected chi connectivity index (χ1v) is 9.02. The van der Waals surface area contributed by atoms with Crippen LogP contribution in [0.4, 0.5) is 5.69 Å². The highest BCUT2D eigenvalue weighted by atomic mass is 16.5. The van der Waals surface area contributed by atoms with Gasteiger partial charge in [0.15, 0.2) is 6.61 Å². The largest absolute Gasteiger partial charge is 0.495 e. The molecule has 3 rings (SSSR count). The van der Waals surface area contributed by atoms with Gasteiger partial charge >= 0.3 is 0 Å². The zero-order valence-corrected chi connectivity index (χ0v) is 15.4. The number of hydrogen-bond donors (Lipinski definition) is 1. The summed E-state index contributed by atoms with van der Waals surface area (Å²) in [5.74, 6) is 1.50. The maximum absolute atomic E-state index is 12.3. The second kappa shape index (κ2) is 8.61. The van der Waals surface area contributed by atoms with E-state index in [-0.39, 0.29) is 18.6 Å². The van der Waals surface area contributed by atoms with Crippen LogP contribution in [0.25, 0.3) is 0 Å². The summed E-state index contributed by atoms with van der Waals surface area (Å²) in [5, 5.41) is 3.09. The van der Waals surface area contributed by atoms with Gasteiger partial charge in [-0.3, -0.25) is 4.79 Å². The molecule has 1 N–H and O–H groups in total. The molecule has 0 aromatic heterocycles. The number of benzene rings is 2. The molecule has 0 aliphatic carbocycles. The molecule has 1 fully saturated rings. The van der Waals surface area contributed by atoms with Gasteiger partial charge < -0.3 is 19.7 Å². The molecule has 2 aromatic rings. The van der Waals surface area contributed by atoms with Crippen molar-refractivity contribution in [3.8, 4) is 11.5 Å². The van der Waals surface area contributed by atoms with Crippen LogP contribution in [0.2, 0.25) is 0 Å². The van der Waals surface area contributed by atoms with E-state index in [9.17, 15) is 4.79 Å². The number of nitrogens with zero attached hydrogens (tertiary/aromatic N) is 1. The molecule has 1 saturated heterocycles. The van der Waals surface area contributed by atoms with E-state index in [1.807, 2.05) is 49.4 Å². The zero-order chi connectivity index (χ0) is 18.4. The Kier molecular flexibility index (Phi) is 6.00. The number of nitrogens with one attached hydrogen (secondary N) is 1. The van der Waals surface area contributed by atoms with Gasteiger partial charge in [0, 0.05) is 19.1 Å². The van der Waals surface area contributed by atoms with Crippen LogP contribution in [0.15, 0.2) is 48.5 Å². The van der Waals surface area contributed by atoms with Crippen LogP contribution in [-0.2, 0) is 4.79 Å². The van der Waals surface area contributed by atoms with Crippen LogP contribution in [-0.4, -0.2) is 38.8 Å². The van der Waals surface area contributed by atoms with Gasteiger partial charge in [0.25, 0.3) is 5.91 Å². The summed E-state index contributed by atoms with van der Waals surface area (Å²) in [6, 6.07) is 15.8. The highest BCUT2D eigenvalue weighted by Crippen LogP contribution is 2.29. The molecule has 1 amide bonds. The predicted molar refractivity (Wildman–Crippen MR) is 103 cm³/mol. The first kappa shape index (κ1) is 18.1. The zero-order valence-electron chi connectivity index (χ0n) is 15.4. The van der Waals surface area contributed by atoms with E-state index in [1.165, 1.54) is 0 Å². The molecular formula is C21H26N2O3. The fourth-order valence-electron chi connectivity index (χ4n) is 3.33. The molecular weight excluding hydrogens is 328 g/mol. The van der Waals surface area contributed by atoms with E-state index in [0.29, 0.717) is 0 Å². The highest BCUT2D eigenvalue weighted by molar-refractivity contribution is 5.78. The molecule has 1 atom stereocenters. The molecule has 1 heterocycles. The monoisotopic (exact) mass is 354 g/mol. The predicted octanol–water partition coefficient (Wildman–Crippen LogP) is 3.17. The molecule has 26 heavy (non-hydrogen) atoms. The van der Waals surface area contributed by atoms with Crippen LogP contribution >= 0.6 is 0 Å².